The van der Waals surface area contributed by atoms with E-state index in [0.29, 0.717) is 12.1 Å². The molecule has 1 aromatic carbocycles. The van der Waals surface area contributed by atoms with Gasteiger partial charge >= 0.3 is 6.18 Å². The quantitative estimate of drug-likeness (QED) is 0.824. The molecule has 0 radical (unpaired) electrons. The first-order valence-electron chi connectivity index (χ1n) is 8.59. The number of hydrogen-bond acceptors (Lipinski definition) is 3. The van der Waals surface area contributed by atoms with Gasteiger partial charge in [-0.25, -0.2) is 0 Å². The van der Waals surface area contributed by atoms with E-state index in [0.717, 1.165) is 37.9 Å². The summed E-state index contributed by atoms with van der Waals surface area (Å²) in [5.41, 5.74) is 1.82. The summed E-state index contributed by atoms with van der Waals surface area (Å²) in [6.07, 6.45) is -1.19. The van der Waals surface area contributed by atoms with E-state index in [1.54, 1.807) is 24.3 Å². The molecule has 1 heterocycles. The molecule has 1 atom stereocenters. The third kappa shape index (κ3) is 4.95. The number of carbonyl (C=O) groups excluding carboxylic acids is 1. The smallest absolute Gasteiger partial charge is 0.367 e. The molecule has 3 rings (SSSR count). The Morgan fingerprint density at radius 2 is 1.84 bits per heavy atom. The Kier molecular flexibility index (Phi) is 5.34. The molecule has 1 aromatic rings. The van der Waals surface area contributed by atoms with Crippen molar-refractivity contribution in [1.29, 1.82) is 0 Å². The zero-order chi connectivity index (χ0) is 17.9. The first-order valence-corrected chi connectivity index (χ1v) is 8.59. The molecule has 7 heteroatoms. The van der Waals surface area contributed by atoms with Gasteiger partial charge in [0.05, 0.1) is 6.61 Å². The molecule has 1 saturated heterocycles. The van der Waals surface area contributed by atoms with Gasteiger partial charge in [-0.3, -0.25) is 4.79 Å². The van der Waals surface area contributed by atoms with E-state index >= 15 is 0 Å². The largest absolute Gasteiger partial charge is 0.411 e. The molecule has 0 aromatic heterocycles. The van der Waals surface area contributed by atoms with Crippen molar-refractivity contribution < 1.29 is 22.7 Å². The number of nitrogens with one attached hydrogen (secondary N) is 2. The molecule has 1 unspecified atom stereocenters. The highest BCUT2D eigenvalue weighted by atomic mass is 19.4. The van der Waals surface area contributed by atoms with Gasteiger partial charge in [0, 0.05) is 12.5 Å². The topological polar surface area (TPSA) is 50.4 Å². The van der Waals surface area contributed by atoms with Gasteiger partial charge in [-0.2, -0.15) is 13.2 Å². The molecule has 2 N–H and O–H groups in total. The van der Waals surface area contributed by atoms with Crippen molar-refractivity contribution in [2.75, 3.05) is 19.7 Å². The van der Waals surface area contributed by atoms with Gasteiger partial charge in [0.25, 0.3) is 0 Å². The highest BCUT2D eigenvalue weighted by Gasteiger charge is 2.57. The van der Waals surface area contributed by atoms with Crippen LogP contribution in [0.4, 0.5) is 13.2 Å². The normalized spacial score (nSPS) is 22.0. The molecular formula is C18H23F3N2O2. The van der Waals surface area contributed by atoms with Gasteiger partial charge in [0.2, 0.25) is 5.91 Å². The van der Waals surface area contributed by atoms with E-state index in [1.165, 1.54) is 0 Å². The zero-order valence-corrected chi connectivity index (χ0v) is 14.0. The minimum absolute atomic E-state index is 0.0786. The molecule has 1 spiro atoms. The third-order valence-electron chi connectivity index (χ3n) is 5.13. The second-order valence-electron chi connectivity index (χ2n) is 7.01. The summed E-state index contributed by atoms with van der Waals surface area (Å²) in [6, 6.07) is 7.06. The van der Waals surface area contributed by atoms with Crippen LogP contribution in [0.25, 0.3) is 0 Å². The minimum atomic E-state index is -4.31. The van der Waals surface area contributed by atoms with Crippen LogP contribution in [0.15, 0.2) is 24.3 Å². The van der Waals surface area contributed by atoms with Gasteiger partial charge in [0.1, 0.15) is 6.61 Å². The van der Waals surface area contributed by atoms with Crippen molar-refractivity contribution >= 4 is 5.91 Å². The first-order chi connectivity index (χ1) is 11.9. The van der Waals surface area contributed by atoms with Crippen molar-refractivity contribution in [3.05, 3.63) is 35.4 Å². The highest BCUT2D eigenvalue weighted by molar-refractivity contribution is 5.82. The molecule has 25 heavy (non-hydrogen) atoms. The Balaban J connectivity index is 1.41. The first kappa shape index (κ1) is 18.2. The molecule has 138 valence electrons. The fourth-order valence-corrected chi connectivity index (χ4v) is 3.55. The maximum absolute atomic E-state index is 12.3. The SMILES string of the molecule is O=C(NCc1ccc(COCC(F)(F)F)cc1)C1CC12CCNCC2. The number of amides is 1. The van der Waals surface area contributed by atoms with Crippen molar-refractivity contribution in [2.24, 2.45) is 11.3 Å². The Morgan fingerprint density at radius 1 is 1.20 bits per heavy atom. The number of halogens is 3. The van der Waals surface area contributed by atoms with Crippen molar-refractivity contribution in [3.63, 3.8) is 0 Å². The van der Waals surface area contributed by atoms with E-state index in [9.17, 15) is 18.0 Å². The van der Waals surface area contributed by atoms with Crippen LogP contribution in [0.5, 0.6) is 0 Å². The van der Waals surface area contributed by atoms with Crippen LogP contribution in [0, 0.1) is 11.3 Å². The summed E-state index contributed by atoms with van der Waals surface area (Å²) in [5.74, 6) is 0.240. The lowest BCUT2D eigenvalue weighted by Gasteiger charge is -2.23. The van der Waals surface area contributed by atoms with Crippen LogP contribution < -0.4 is 10.6 Å². The molecule has 4 nitrogen and oxygen atoms in total. The molecule has 1 aliphatic heterocycles. The second-order valence-corrected chi connectivity index (χ2v) is 7.01. The fourth-order valence-electron chi connectivity index (χ4n) is 3.55. The maximum Gasteiger partial charge on any atom is 0.411 e. The highest BCUT2D eigenvalue weighted by Crippen LogP contribution is 2.58. The van der Waals surface area contributed by atoms with E-state index in [-0.39, 0.29) is 23.8 Å². The second kappa shape index (κ2) is 7.33. The van der Waals surface area contributed by atoms with Gasteiger partial charge in [-0.05, 0) is 48.9 Å². The lowest BCUT2D eigenvalue weighted by atomic mass is 9.92. The summed E-state index contributed by atoms with van der Waals surface area (Å²) >= 11 is 0. The molecular weight excluding hydrogens is 333 g/mol. The summed E-state index contributed by atoms with van der Waals surface area (Å²) in [6.45, 7) is 1.09. The van der Waals surface area contributed by atoms with Crippen LogP contribution in [0.2, 0.25) is 0 Å². The molecule has 2 aliphatic rings. The Bertz CT molecular complexity index is 595. The number of hydrogen-bond donors (Lipinski definition) is 2. The van der Waals surface area contributed by atoms with E-state index in [1.807, 2.05) is 0 Å². The summed E-state index contributed by atoms with van der Waals surface area (Å²) in [5, 5.41) is 6.30. The molecule has 2 fully saturated rings. The van der Waals surface area contributed by atoms with Crippen LogP contribution in [0.1, 0.15) is 30.4 Å². The third-order valence-corrected chi connectivity index (χ3v) is 5.13. The van der Waals surface area contributed by atoms with Crippen molar-refractivity contribution in [3.8, 4) is 0 Å². The average molecular weight is 356 g/mol. The van der Waals surface area contributed by atoms with Gasteiger partial charge in [-0.1, -0.05) is 24.3 Å². The minimum Gasteiger partial charge on any atom is -0.367 e. The Labute approximate surface area is 145 Å². The van der Waals surface area contributed by atoms with Gasteiger partial charge in [0.15, 0.2) is 0 Å². The fraction of sp³-hybridized carbons (Fsp3) is 0.611. The number of ether oxygens (including phenoxy) is 1. The molecule has 0 bridgehead atoms. The Morgan fingerprint density at radius 3 is 2.48 bits per heavy atom. The van der Waals surface area contributed by atoms with Crippen LogP contribution in [-0.4, -0.2) is 31.8 Å². The maximum atomic E-state index is 12.3. The molecule has 1 aliphatic carbocycles. The van der Waals surface area contributed by atoms with Crippen molar-refractivity contribution in [1.82, 2.24) is 10.6 Å². The number of piperidine rings is 1. The van der Waals surface area contributed by atoms with Crippen molar-refractivity contribution in [2.45, 2.75) is 38.6 Å². The van der Waals surface area contributed by atoms with E-state index in [4.69, 9.17) is 0 Å². The monoisotopic (exact) mass is 356 g/mol. The standard InChI is InChI=1S/C18H23F3N2O2/c19-18(20,21)12-25-11-14-3-1-13(2-4-14)10-23-16(24)15-9-17(15)5-7-22-8-6-17/h1-4,15,22H,5-12H2,(H,23,24). The number of carbonyl (C=O) groups is 1. The zero-order valence-electron chi connectivity index (χ0n) is 14.0. The predicted molar refractivity (Wildman–Crippen MR) is 86.6 cm³/mol. The number of rotatable bonds is 6. The number of alkyl halides is 3. The van der Waals surface area contributed by atoms with Crippen LogP contribution in [0.3, 0.4) is 0 Å². The summed E-state index contributed by atoms with van der Waals surface area (Å²) < 4.78 is 40.7. The lowest BCUT2D eigenvalue weighted by molar-refractivity contribution is -0.176. The van der Waals surface area contributed by atoms with Gasteiger partial charge in [-0.15, -0.1) is 0 Å². The molecule has 1 amide bonds. The lowest BCUT2D eigenvalue weighted by Crippen LogP contribution is -2.33. The predicted octanol–water partition coefficient (Wildman–Crippen LogP) is 2.77. The van der Waals surface area contributed by atoms with Crippen LogP contribution >= 0.6 is 0 Å². The van der Waals surface area contributed by atoms with Crippen LogP contribution in [-0.2, 0) is 22.7 Å². The Hall–Kier alpha value is -1.60. The molecule has 1 saturated carbocycles. The number of benzene rings is 1. The average Bonchev–Trinajstić information content (AvgIpc) is 3.26. The van der Waals surface area contributed by atoms with E-state index in [2.05, 4.69) is 15.4 Å². The summed E-state index contributed by atoms with van der Waals surface area (Å²) in [7, 11) is 0. The van der Waals surface area contributed by atoms with Gasteiger partial charge < -0.3 is 15.4 Å². The van der Waals surface area contributed by atoms with E-state index < -0.39 is 12.8 Å². The summed E-state index contributed by atoms with van der Waals surface area (Å²) in [4.78, 5) is 12.3.